The van der Waals surface area contributed by atoms with Gasteiger partial charge in [-0.25, -0.2) is 9.59 Å². The third kappa shape index (κ3) is 2.52. The molecule has 0 amide bonds. The van der Waals surface area contributed by atoms with Crippen LogP contribution in [0.15, 0.2) is 27.4 Å². The number of carboxylic acids is 1. The number of rotatable bonds is 4. The van der Waals surface area contributed by atoms with E-state index in [0.717, 1.165) is 10.9 Å². The zero-order valence-electron chi connectivity index (χ0n) is 11.6. The molecule has 2 aromatic rings. The largest absolute Gasteiger partial charge is 0.479 e. The number of benzene rings is 1. The SMILES string of the molecule is CCc1cc(=O)oc2c(C)c(O[C@H](C)C(=O)O)ccc12. The van der Waals surface area contributed by atoms with Gasteiger partial charge < -0.3 is 14.3 Å². The normalized spacial score (nSPS) is 12.3. The Morgan fingerprint density at radius 1 is 1.45 bits per heavy atom. The molecular weight excluding hydrogens is 260 g/mol. The second-order valence-electron chi connectivity index (χ2n) is 4.61. The first-order valence-corrected chi connectivity index (χ1v) is 6.39. The van der Waals surface area contributed by atoms with Gasteiger partial charge in [0.25, 0.3) is 0 Å². The van der Waals surface area contributed by atoms with Crippen LogP contribution in [0.2, 0.25) is 0 Å². The number of carboxylic acid groups (broad SMARTS) is 1. The molecule has 0 aliphatic carbocycles. The van der Waals surface area contributed by atoms with Gasteiger partial charge in [-0.3, -0.25) is 0 Å². The second-order valence-corrected chi connectivity index (χ2v) is 4.61. The minimum absolute atomic E-state index is 0.406. The molecule has 0 unspecified atom stereocenters. The maximum Gasteiger partial charge on any atom is 0.344 e. The molecule has 106 valence electrons. The molecule has 0 saturated carbocycles. The second kappa shape index (κ2) is 5.36. The predicted octanol–water partition coefficient (Wildman–Crippen LogP) is 2.52. The Kier molecular flexibility index (Phi) is 3.79. The van der Waals surface area contributed by atoms with Crippen molar-refractivity contribution in [2.75, 3.05) is 0 Å². The summed E-state index contributed by atoms with van der Waals surface area (Å²) < 4.78 is 10.6. The molecule has 5 heteroatoms. The fourth-order valence-corrected chi connectivity index (χ4v) is 2.07. The monoisotopic (exact) mass is 276 g/mol. The smallest absolute Gasteiger partial charge is 0.344 e. The summed E-state index contributed by atoms with van der Waals surface area (Å²) in [5.41, 5.74) is 1.56. The Hall–Kier alpha value is -2.30. The maximum atomic E-state index is 11.6. The van der Waals surface area contributed by atoms with E-state index in [2.05, 4.69) is 0 Å². The zero-order valence-corrected chi connectivity index (χ0v) is 11.6. The van der Waals surface area contributed by atoms with Crippen LogP contribution in [0, 0.1) is 6.92 Å². The first-order valence-electron chi connectivity index (χ1n) is 6.39. The number of aryl methyl sites for hydroxylation is 2. The van der Waals surface area contributed by atoms with Crippen molar-refractivity contribution in [2.24, 2.45) is 0 Å². The molecule has 20 heavy (non-hydrogen) atoms. The summed E-state index contributed by atoms with van der Waals surface area (Å²) in [5, 5.41) is 9.72. The van der Waals surface area contributed by atoms with Gasteiger partial charge in [-0.05, 0) is 38.0 Å². The molecule has 0 saturated heterocycles. The van der Waals surface area contributed by atoms with Crippen LogP contribution in [-0.2, 0) is 11.2 Å². The average Bonchev–Trinajstić information content (AvgIpc) is 2.41. The third-order valence-corrected chi connectivity index (χ3v) is 3.23. The van der Waals surface area contributed by atoms with Gasteiger partial charge in [0.1, 0.15) is 11.3 Å². The molecule has 0 fully saturated rings. The fraction of sp³-hybridized carbons (Fsp3) is 0.333. The first-order chi connectivity index (χ1) is 9.43. The molecule has 2 rings (SSSR count). The van der Waals surface area contributed by atoms with Crippen LogP contribution >= 0.6 is 0 Å². The lowest BCUT2D eigenvalue weighted by Crippen LogP contribution is -2.23. The molecule has 0 spiro atoms. The average molecular weight is 276 g/mol. The third-order valence-electron chi connectivity index (χ3n) is 3.23. The van der Waals surface area contributed by atoms with E-state index < -0.39 is 17.7 Å². The fourth-order valence-electron chi connectivity index (χ4n) is 2.07. The summed E-state index contributed by atoms with van der Waals surface area (Å²) >= 11 is 0. The quantitative estimate of drug-likeness (QED) is 0.868. The van der Waals surface area contributed by atoms with E-state index in [-0.39, 0.29) is 0 Å². The molecule has 0 aliphatic heterocycles. The number of hydrogen-bond acceptors (Lipinski definition) is 4. The topological polar surface area (TPSA) is 76.7 Å². The van der Waals surface area contributed by atoms with Crippen LogP contribution in [0.5, 0.6) is 5.75 Å². The van der Waals surface area contributed by atoms with E-state index in [1.54, 1.807) is 19.1 Å². The highest BCUT2D eigenvalue weighted by molar-refractivity contribution is 5.85. The van der Waals surface area contributed by atoms with Gasteiger partial charge in [0.15, 0.2) is 6.10 Å². The molecule has 0 radical (unpaired) electrons. The van der Waals surface area contributed by atoms with Crippen molar-refractivity contribution in [1.82, 2.24) is 0 Å². The van der Waals surface area contributed by atoms with Gasteiger partial charge >= 0.3 is 11.6 Å². The number of fused-ring (bicyclic) bond motifs is 1. The summed E-state index contributed by atoms with van der Waals surface area (Å²) in [7, 11) is 0. The Morgan fingerprint density at radius 3 is 2.75 bits per heavy atom. The number of hydrogen-bond donors (Lipinski definition) is 1. The van der Waals surface area contributed by atoms with Gasteiger partial charge in [-0.1, -0.05) is 6.92 Å². The van der Waals surface area contributed by atoms with E-state index in [4.69, 9.17) is 14.3 Å². The lowest BCUT2D eigenvalue weighted by atomic mass is 10.0. The summed E-state index contributed by atoms with van der Waals surface area (Å²) in [6, 6.07) is 4.96. The van der Waals surface area contributed by atoms with Gasteiger partial charge in [-0.2, -0.15) is 0 Å². The molecule has 1 aromatic heterocycles. The Balaban J connectivity index is 2.59. The maximum absolute atomic E-state index is 11.6. The first kappa shape index (κ1) is 14.1. The Labute approximate surface area is 115 Å². The number of ether oxygens (including phenoxy) is 1. The van der Waals surface area contributed by atoms with Gasteiger partial charge in [-0.15, -0.1) is 0 Å². The molecular formula is C15H16O5. The molecule has 1 aromatic carbocycles. The molecule has 1 N–H and O–H groups in total. The van der Waals surface area contributed by atoms with Crippen molar-refractivity contribution in [2.45, 2.75) is 33.3 Å². The zero-order chi connectivity index (χ0) is 14.9. The summed E-state index contributed by atoms with van der Waals surface area (Å²) in [4.78, 5) is 22.4. The Morgan fingerprint density at radius 2 is 2.15 bits per heavy atom. The lowest BCUT2D eigenvalue weighted by molar-refractivity contribution is -0.144. The highest BCUT2D eigenvalue weighted by Gasteiger charge is 2.16. The van der Waals surface area contributed by atoms with Gasteiger partial charge in [0.2, 0.25) is 0 Å². The van der Waals surface area contributed by atoms with Crippen molar-refractivity contribution in [1.29, 1.82) is 0 Å². The molecule has 1 atom stereocenters. The molecule has 0 bridgehead atoms. The van der Waals surface area contributed by atoms with Crippen molar-refractivity contribution in [3.63, 3.8) is 0 Å². The molecule has 5 nitrogen and oxygen atoms in total. The standard InChI is InChI=1S/C15H16O5/c1-4-10-7-13(16)20-14-8(2)12(6-5-11(10)14)19-9(3)15(17)18/h5-7,9H,4H2,1-3H3,(H,17,18)/t9-/m1/s1. The highest BCUT2D eigenvalue weighted by Crippen LogP contribution is 2.29. The van der Waals surface area contributed by atoms with E-state index in [9.17, 15) is 9.59 Å². The van der Waals surface area contributed by atoms with Crippen LogP contribution < -0.4 is 10.4 Å². The number of carbonyl (C=O) groups is 1. The minimum Gasteiger partial charge on any atom is -0.479 e. The minimum atomic E-state index is -1.05. The molecule has 1 heterocycles. The van der Waals surface area contributed by atoms with E-state index in [1.807, 2.05) is 6.92 Å². The van der Waals surface area contributed by atoms with Crippen LogP contribution in [0.1, 0.15) is 25.0 Å². The lowest BCUT2D eigenvalue weighted by Gasteiger charge is -2.14. The summed E-state index contributed by atoms with van der Waals surface area (Å²) in [5.74, 6) is -0.642. The highest BCUT2D eigenvalue weighted by atomic mass is 16.5. The van der Waals surface area contributed by atoms with Crippen molar-refractivity contribution in [3.05, 3.63) is 39.7 Å². The van der Waals surface area contributed by atoms with Crippen LogP contribution in [0.3, 0.4) is 0 Å². The summed E-state index contributed by atoms with van der Waals surface area (Å²) in [6.45, 7) is 5.15. The molecule has 0 aliphatic rings. The van der Waals surface area contributed by atoms with Crippen molar-refractivity contribution < 1.29 is 19.1 Å². The Bertz CT molecular complexity index is 714. The van der Waals surface area contributed by atoms with E-state index >= 15 is 0 Å². The van der Waals surface area contributed by atoms with Crippen molar-refractivity contribution in [3.8, 4) is 5.75 Å². The van der Waals surface area contributed by atoms with E-state index in [0.29, 0.717) is 23.3 Å². The van der Waals surface area contributed by atoms with Gasteiger partial charge in [0, 0.05) is 17.0 Å². The summed E-state index contributed by atoms with van der Waals surface area (Å²) in [6.07, 6.45) is -0.250. The van der Waals surface area contributed by atoms with Crippen LogP contribution in [0.4, 0.5) is 0 Å². The number of aliphatic carboxylic acids is 1. The van der Waals surface area contributed by atoms with E-state index in [1.165, 1.54) is 13.0 Å². The van der Waals surface area contributed by atoms with Crippen LogP contribution in [0.25, 0.3) is 11.0 Å². The van der Waals surface area contributed by atoms with Crippen molar-refractivity contribution >= 4 is 16.9 Å². The predicted molar refractivity (Wildman–Crippen MR) is 74.3 cm³/mol. The van der Waals surface area contributed by atoms with Gasteiger partial charge in [0.05, 0.1) is 0 Å². The van der Waals surface area contributed by atoms with Crippen LogP contribution in [-0.4, -0.2) is 17.2 Å².